The molecular weight excluding hydrogens is 380 g/mol. The second-order valence-corrected chi connectivity index (χ2v) is 7.77. The number of hydrogen-bond acceptors (Lipinski definition) is 6. The Hall–Kier alpha value is -2.67. The molecule has 7 nitrogen and oxygen atoms in total. The number of hydrogen-bond donors (Lipinski definition) is 0. The van der Waals surface area contributed by atoms with Crippen molar-refractivity contribution in [2.75, 3.05) is 6.54 Å². The highest BCUT2D eigenvalue weighted by molar-refractivity contribution is 6.33. The van der Waals surface area contributed by atoms with Crippen LogP contribution in [0, 0.1) is 6.92 Å². The maximum Gasteiger partial charge on any atom is 0.260 e. The van der Waals surface area contributed by atoms with Crippen LogP contribution >= 0.6 is 11.6 Å². The summed E-state index contributed by atoms with van der Waals surface area (Å²) in [5.41, 5.74) is 1.57. The van der Waals surface area contributed by atoms with Crippen molar-refractivity contribution in [1.29, 1.82) is 0 Å². The number of aryl methyl sites for hydroxylation is 1. The van der Waals surface area contributed by atoms with Crippen LogP contribution in [0.15, 0.2) is 33.3 Å². The molecule has 1 unspecified atom stereocenters. The van der Waals surface area contributed by atoms with Gasteiger partial charge in [-0.25, -0.2) is 0 Å². The molecule has 1 aliphatic heterocycles. The number of carbonyl (C=O) groups is 1. The molecule has 1 amide bonds. The molecular formula is C20H19ClN4O3. The molecule has 8 heteroatoms. The van der Waals surface area contributed by atoms with Crippen molar-refractivity contribution in [1.82, 2.24) is 20.2 Å². The monoisotopic (exact) mass is 398 g/mol. The van der Waals surface area contributed by atoms with Crippen LogP contribution in [0.3, 0.4) is 0 Å². The fourth-order valence-corrected chi connectivity index (χ4v) is 3.99. The Morgan fingerprint density at radius 1 is 1.18 bits per heavy atom. The molecule has 1 saturated heterocycles. The van der Waals surface area contributed by atoms with E-state index < -0.39 is 0 Å². The van der Waals surface area contributed by atoms with Crippen LogP contribution in [0.5, 0.6) is 0 Å². The number of rotatable bonds is 4. The highest BCUT2D eigenvalue weighted by atomic mass is 35.5. The average molecular weight is 399 g/mol. The van der Waals surface area contributed by atoms with Gasteiger partial charge in [-0.1, -0.05) is 40.1 Å². The summed E-state index contributed by atoms with van der Waals surface area (Å²) in [6.07, 6.45) is 3.88. The molecule has 5 rings (SSSR count). The minimum Gasteiger partial charge on any atom is -0.360 e. The van der Waals surface area contributed by atoms with E-state index in [1.165, 1.54) is 0 Å². The molecule has 2 fully saturated rings. The third-order valence-electron chi connectivity index (χ3n) is 5.40. The molecule has 3 heterocycles. The van der Waals surface area contributed by atoms with E-state index in [1.54, 1.807) is 17.9 Å². The number of amides is 1. The number of nitrogens with zero attached hydrogens (tertiary/aromatic N) is 4. The lowest BCUT2D eigenvalue weighted by Crippen LogP contribution is -2.31. The van der Waals surface area contributed by atoms with Gasteiger partial charge >= 0.3 is 0 Å². The summed E-state index contributed by atoms with van der Waals surface area (Å²) in [6.45, 7) is 2.36. The van der Waals surface area contributed by atoms with Gasteiger partial charge in [-0.3, -0.25) is 4.79 Å². The molecule has 2 aromatic heterocycles. The van der Waals surface area contributed by atoms with Gasteiger partial charge in [0, 0.05) is 18.0 Å². The maximum atomic E-state index is 13.5. The summed E-state index contributed by atoms with van der Waals surface area (Å²) in [4.78, 5) is 19.8. The lowest BCUT2D eigenvalue weighted by Gasteiger charge is -2.22. The average Bonchev–Trinajstić information content (AvgIpc) is 3.09. The van der Waals surface area contributed by atoms with Crippen LogP contribution in [0.2, 0.25) is 5.02 Å². The van der Waals surface area contributed by atoms with Crippen molar-refractivity contribution < 1.29 is 13.8 Å². The van der Waals surface area contributed by atoms with Gasteiger partial charge in [0.05, 0.1) is 5.02 Å². The molecule has 0 N–H and O–H groups in total. The molecule has 3 aromatic rings. The Balaban J connectivity index is 1.49. The van der Waals surface area contributed by atoms with E-state index in [2.05, 4.69) is 15.3 Å². The summed E-state index contributed by atoms with van der Waals surface area (Å²) in [5, 5.41) is 8.74. The summed E-state index contributed by atoms with van der Waals surface area (Å²) in [7, 11) is 0. The SMILES string of the molecule is Cc1onc(-c2ccccc2Cl)c1C(=O)N1CCCC1c1nc(C2CC2)no1. The molecule has 0 radical (unpaired) electrons. The third kappa shape index (κ3) is 2.90. The molecule has 1 aromatic carbocycles. The fourth-order valence-electron chi connectivity index (χ4n) is 3.76. The Labute approximate surface area is 166 Å². The summed E-state index contributed by atoms with van der Waals surface area (Å²) in [5.74, 6) is 2.00. The number of aromatic nitrogens is 3. The summed E-state index contributed by atoms with van der Waals surface area (Å²) < 4.78 is 10.9. The van der Waals surface area contributed by atoms with Gasteiger partial charge in [-0.2, -0.15) is 4.98 Å². The van der Waals surface area contributed by atoms with Crippen molar-refractivity contribution in [3.05, 3.63) is 52.3 Å². The lowest BCUT2D eigenvalue weighted by molar-refractivity contribution is 0.0709. The van der Waals surface area contributed by atoms with Gasteiger partial charge in [0.25, 0.3) is 5.91 Å². The largest absolute Gasteiger partial charge is 0.360 e. The van der Waals surface area contributed by atoms with E-state index in [4.69, 9.17) is 20.6 Å². The Morgan fingerprint density at radius 2 is 2.00 bits per heavy atom. The standard InChI is InChI=1S/C20H19ClN4O3/c1-11-16(17(23-27-11)13-5-2-3-6-14(13)21)20(26)25-10-4-7-15(25)19-22-18(24-28-19)12-8-9-12/h2-3,5-6,12,15H,4,7-10H2,1H3. The minimum absolute atomic E-state index is 0.151. The Kier molecular flexibility index (Phi) is 4.19. The number of halogens is 1. The van der Waals surface area contributed by atoms with E-state index in [1.807, 2.05) is 18.2 Å². The van der Waals surface area contributed by atoms with Crippen molar-refractivity contribution in [2.45, 2.75) is 44.6 Å². The number of benzene rings is 1. The topological polar surface area (TPSA) is 85.3 Å². The van der Waals surface area contributed by atoms with E-state index >= 15 is 0 Å². The first kappa shape index (κ1) is 17.4. The van der Waals surface area contributed by atoms with Crippen molar-refractivity contribution >= 4 is 17.5 Å². The summed E-state index contributed by atoms with van der Waals surface area (Å²) in [6, 6.07) is 7.07. The summed E-state index contributed by atoms with van der Waals surface area (Å²) >= 11 is 6.33. The second-order valence-electron chi connectivity index (χ2n) is 7.36. The minimum atomic E-state index is -0.221. The Bertz CT molecular complexity index is 1040. The smallest absolute Gasteiger partial charge is 0.260 e. The predicted octanol–water partition coefficient (Wildman–Crippen LogP) is 4.54. The number of likely N-dealkylation sites (tertiary alicyclic amines) is 1. The first-order valence-electron chi connectivity index (χ1n) is 9.49. The van der Waals surface area contributed by atoms with E-state index in [0.29, 0.717) is 46.0 Å². The van der Waals surface area contributed by atoms with E-state index in [-0.39, 0.29) is 11.9 Å². The van der Waals surface area contributed by atoms with Gasteiger partial charge in [0.2, 0.25) is 5.89 Å². The molecule has 0 spiro atoms. The zero-order chi connectivity index (χ0) is 19.3. The molecule has 144 valence electrons. The van der Waals surface area contributed by atoms with Gasteiger partial charge in [0.15, 0.2) is 5.82 Å². The highest BCUT2D eigenvalue weighted by Gasteiger charge is 2.38. The molecule has 2 aliphatic rings. The van der Waals surface area contributed by atoms with Crippen LogP contribution in [-0.4, -0.2) is 32.6 Å². The zero-order valence-electron chi connectivity index (χ0n) is 15.4. The van der Waals surface area contributed by atoms with Gasteiger partial charge in [-0.15, -0.1) is 0 Å². The molecule has 28 heavy (non-hydrogen) atoms. The van der Waals surface area contributed by atoms with Gasteiger partial charge in [0.1, 0.15) is 23.1 Å². The van der Waals surface area contributed by atoms with Crippen LogP contribution in [0.4, 0.5) is 0 Å². The van der Waals surface area contributed by atoms with Crippen LogP contribution in [0.1, 0.15) is 65.5 Å². The first-order chi connectivity index (χ1) is 13.6. The number of carbonyl (C=O) groups excluding carboxylic acids is 1. The van der Waals surface area contributed by atoms with Crippen molar-refractivity contribution in [3.63, 3.8) is 0 Å². The van der Waals surface area contributed by atoms with Gasteiger partial charge in [-0.05, 0) is 38.7 Å². The molecule has 1 atom stereocenters. The predicted molar refractivity (Wildman–Crippen MR) is 101 cm³/mol. The van der Waals surface area contributed by atoms with E-state index in [9.17, 15) is 4.79 Å². The second kappa shape index (κ2) is 6.74. The molecule has 1 saturated carbocycles. The molecule has 0 bridgehead atoms. The normalized spacial score (nSPS) is 19.4. The third-order valence-corrected chi connectivity index (χ3v) is 5.73. The maximum absolute atomic E-state index is 13.5. The lowest BCUT2D eigenvalue weighted by atomic mass is 10.0. The zero-order valence-corrected chi connectivity index (χ0v) is 16.1. The molecule has 1 aliphatic carbocycles. The van der Waals surface area contributed by atoms with Crippen molar-refractivity contribution in [3.8, 4) is 11.3 Å². The first-order valence-corrected chi connectivity index (χ1v) is 9.87. The fraction of sp³-hybridized carbons (Fsp3) is 0.400. The van der Waals surface area contributed by atoms with Gasteiger partial charge < -0.3 is 13.9 Å². The highest BCUT2D eigenvalue weighted by Crippen LogP contribution is 2.40. The van der Waals surface area contributed by atoms with Crippen molar-refractivity contribution in [2.24, 2.45) is 0 Å². The Morgan fingerprint density at radius 3 is 2.79 bits per heavy atom. The van der Waals surface area contributed by atoms with E-state index in [0.717, 1.165) is 31.5 Å². The quantitative estimate of drug-likeness (QED) is 0.641. The van der Waals surface area contributed by atoms with Crippen LogP contribution in [0.25, 0.3) is 11.3 Å². The van der Waals surface area contributed by atoms with Crippen LogP contribution in [-0.2, 0) is 0 Å². The van der Waals surface area contributed by atoms with Crippen LogP contribution < -0.4 is 0 Å².